The number of likely N-dealkylation sites (tertiary alicyclic amines) is 1. The van der Waals surface area contributed by atoms with Crippen molar-refractivity contribution >= 4 is 22.9 Å². The van der Waals surface area contributed by atoms with Crippen molar-refractivity contribution < 1.29 is 23.5 Å². The van der Waals surface area contributed by atoms with Crippen molar-refractivity contribution in [1.29, 1.82) is 0 Å². The van der Waals surface area contributed by atoms with Crippen molar-refractivity contribution in [3.8, 4) is 5.75 Å². The minimum Gasteiger partial charge on any atom is -0.497 e. The molecule has 2 atom stereocenters. The van der Waals surface area contributed by atoms with Gasteiger partial charge in [0.2, 0.25) is 5.91 Å². The van der Waals surface area contributed by atoms with E-state index in [1.807, 2.05) is 21.9 Å². The van der Waals surface area contributed by atoms with Gasteiger partial charge >= 0.3 is 11.7 Å². The molecule has 1 aromatic heterocycles. The van der Waals surface area contributed by atoms with E-state index in [1.165, 1.54) is 6.07 Å². The number of hydrogen-bond donors (Lipinski definition) is 1. The number of rotatable bonds is 3. The average molecular weight is 456 g/mol. The van der Waals surface area contributed by atoms with Gasteiger partial charge in [0.1, 0.15) is 17.9 Å². The Bertz CT molecular complexity index is 1110. The zero-order chi connectivity index (χ0) is 22.9. The van der Waals surface area contributed by atoms with E-state index >= 15 is 0 Å². The fourth-order valence-corrected chi connectivity index (χ4v) is 4.88. The van der Waals surface area contributed by atoms with Crippen LogP contribution >= 0.6 is 0 Å². The Balaban J connectivity index is 1.20. The van der Waals surface area contributed by atoms with E-state index in [-0.39, 0.29) is 36.3 Å². The normalized spacial score (nSPS) is 23.8. The second kappa shape index (κ2) is 9.03. The topological polar surface area (TPSA) is 105 Å². The summed E-state index contributed by atoms with van der Waals surface area (Å²) in [5.41, 5.74) is 1.02. The fraction of sp³-hybridized carbons (Fsp3) is 0.522. The Labute approximate surface area is 191 Å². The predicted molar refractivity (Wildman–Crippen MR) is 119 cm³/mol. The molecule has 0 unspecified atom stereocenters. The van der Waals surface area contributed by atoms with E-state index in [9.17, 15) is 14.4 Å². The summed E-state index contributed by atoms with van der Waals surface area (Å²) in [5.74, 6) is 0.512. The molecule has 0 spiro atoms. The second-order valence-electron chi connectivity index (χ2n) is 8.76. The first-order valence-corrected chi connectivity index (χ1v) is 11.3. The van der Waals surface area contributed by atoms with Crippen LogP contribution in [0.15, 0.2) is 33.5 Å². The summed E-state index contributed by atoms with van der Waals surface area (Å²) in [6.07, 6.45) is 0.715. The molecule has 0 bridgehead atoms. The first-order valence-electron chi connectivity index (χ1n) is 11.3. The third-order valence-corrected chi connectivity index (χ3v) is 6.67. The van der Waals surface area contributed by atoms with Crippen LogP contribution in [0.25, 0.3) is 11.0 Å². The smallest absolute Gasteiger partial charge is 0.336 e. The van der Waals surface area contributed by atoms with Gasteiger partial charge in [-0.25, -0.2) is 9.59 Å². The number of carbonyl (C=O) groups is 2. The molecule has 5 rings (SSSR count). The SMILES string of the molecule is COc1ccc2c(CN3CCN(C(=O)N4CC[C@@H]5OCC(=O)N[C@@H]5C4)CC3)cc(=O)oc2c1. The molecule has 1 aromatic carbocycles. The summed E-state index contributed by atoms with van der Waals surface area (Å²) in [5, 5.41) is 3.82. The number of methoxy groups -OCH3 is 1. The van der Waals surface area contributed by atoms with Gasteiger partial charge in [0.15, 0.2) is 0 Å². The largest absolute Gasteiger partial charge is 0.497 e. The van der Waals surface area contributed by atoms with E-state index < -0.39 is 0 Å². The maximum Gasteiger partial charge on any atom is 0.336 e. The number of fused-ring (bicyclic) bond motifs is 2. The highest BCUT2D eigenvalue weighted by Crippen LogP contribution is 2.24. The van der Waals surface area contributed by atoms with Crippen LogP contribution in [0.1, 0.15) is 12.0 Å². The van der Waals surface area contributed by atoms with Crippen molar-refractivity contribution in [3.63, 3.8) is 0 Å². The number of piperazine rings is 1. The van der Waals surface area contributed by atoms with Crippen LogP contribution in [0, 0.1) is 0 Å². The highest BCUT2D eigenvalue weighted by molar-refractivity contribution is 5.81. The van der Waals surface area contributed by atoms with Crippen molar-refractivity contribution in [2.75, 3.05) is 53.0 Å². The van der Waals surface area contributed by atoms with E-state index in [2.05, 4.69) is 10.2 Å². The van der Waals surface area contributed by atoms with Gasteiger partial charge in [0.05, 0.1) is 19.3 Å². The minimum absolute atomic E-state index is 0.00539. The fourth-order valence-electron chi connectivity index (χ4n) is 4.88. The van der Waals surface area contributed by atoms with Crippen LogP contribution in [0.2, 0.25) is 0 Å². The maximum atomic E-state index is 13.1. The molecule has 176 valence electrons. The standard InChI is InChI=1S/C23H28N4O6/c1-31-16-2-3-17-15(10-22(29)33-20(17)11-16)12-25-6-8-26(9-7-25)23(30)27-5-4-19-18(13-27)24-21(28)14-32-19/h2-3,10-11,18-19H,4-9,12-14H2,1H3,(H,24,28)/t18-,19+/m1/s1. The van der Waals surface area contributed by atoms with Crippen molar-refractivity contribution in [2.45, 2.75) is 25.1 Å². The van der Waals surface area contributed by atoms with Gasteiger partial charge in [-0.05, 0) is 24.1 Å². The Hall–Kier alpha value is -3.11. The molecule has 3 saturated heterocycles. The van der Waals surface area contributed by atoms with E-state index in [1.54, 1.807) is 13.2 Å². The summed E-state index contributed by atoms with van der Waals surface area (Å²) in [6.45, 7) is 4.46. The molecule has 1 N–H and O–H groups in total. The second-order valence-corrected chi connectivity index (χ2v) is 8.76. The summed E-state index contributed by atoms with van der Waals surface area (Å²) >= 11 is 0. The summed E-state index contributed by atoms with van der Waals surface area (Å²) < 4.78 is 16.2. The molecular formula is C23H28N4O6. The lowest BCUT2D eigenvalue weighted by atomic mass is 10.0. The lowest BCUT2D eigenvalue weighted by Crippen LogP contribution is -2.63. The lowest BCUT2D eigenvalue weighted by molar-refractivity contribution is -0.139. The zero-order valence-electron chi connectivity index (χ0n) is 18.6. The van der Waals surface area contributed by atoms with E-state index in [0.29, 0.717) is 57.1 Å². The molecule has 10 nitrogen and oxygen atoms in total. The molecule has 4 heterocycles. The molecule has 0 saturated carbocycles. The molecule has 3 fully saturated rings. The van der Waals surface area contributed by atoms with Crippen LogP contribution in [0.5, 0.6) is 5.75 Å². The van der Waals surface area contributed by atoms with Gasteiger partial charge in [-0.1, -0.05) is 0 Å². The van der Waals surface area contributed by atoms with Crippen LogP contribution < -0.4 is 15.7 Å². The Kier molecular flexibility index (Phi) is 5.94. The molecule has 3 aliphatic rings. The highest BCUT2D eigenvalue weighted by atomic mass is 16.5. The van der Waals surface area contributed by atoms with Gasteiger partial charge in [0.25, 0.3) is 0 Å². The maximum absolute atomic E-state index is 13.1. The number of ether oxygens (including phenoxy) is 2. The van der Waals surface area contributed by atoms with Gasteiger partial charge < -0.3 is 29.0 Å². The van der Waals surface area contributed by atoms with E-state index in [4.69, 9.17) is 13.9 Å². The number of urea groups is 1. The molecule has 3 amide bonds. The number of morpholine rings is 1. The first kappa shape index (κ1) is 21.7. The van der Waals surface area contributed by atoms with Crippen LogP contribution in [0.3, 0.4) is 0 Å². The molecule has 10 heteroatoms. The third-order valence-electron chi connectivity index (χ3n) is 6.67. The van der Waals surface area contributed by atoms with Gasteiger partial charge in [-0.2, -0.15) is 0 Å². The van der Waals surface area contributed by atoms with Crippen LogP contribution in [-0.2, 0) is 16.1 Å². The molecule has 0 aliphatic carbocycles. The van der Waals surface area contributed by atoms with Crippen molar-refractivity contribution in [3.05, 3.63) is 40.2 Å². The van der Waals surface area contributed by atoms with Gasteiger partial charge in [-0.15, -0.1) is 0 Å². The quantitative estimate of drug-likeness (QED) is 0.676. The number of piperidine rings is 1. The number of hydrogen-bond acceptors (Lipinski definition) is 7. The number of carbonyl (C=O) groups excluding carboxylic acids is 2. The number of nitrogens with one attached hydrogen (secondary N) is 1. The lowest BCUT2D eigenvalue weighted by Gasteiger charge is -2.43. The molecule has 33 heavy (non-hydrogen) atoms. The highest BCUT2D eigenvalue weighted by Gasteiger charge is 2.37. The van der Waals surface area contributed by atoms with E-state index in [0.717, 1.165) is 17.4 Å². The molecule has 2 aromatic rings. The van der Waals surface area contributed by atoms with Gasteiger partial charge in [-0.3, -0.25) is 9.69 Å². The molecule has 0 radical (unpaired) electrons. The summed E-state index contributed by atoms with van der Waals surface area (Å²) in [6, 6.07) is 6.89. The predicted octanol–water partition coefficient (Wildman–Crippen LogP) is 0.629. The zero-order valence-corrected chi connectivity index (χ0v) is 18.6. The summed E-state index contributed by atoms with van der Waals surface area (Å²) in [4.78, 5) is 42.7. The van der Waals surface area contributed by atoms with Crippen molar-refractivity contribution in [1.82, 2.24) is 20.0 Å². The monoisotopic (exact) mass is 456 g/mol. The van der Waals surface area contributed by atoms with Crippen LogP contribution in [-0.4, -0.2) is 91.8 Å². The Morgan fingerprint density at radius 1 is 1.12 bits per heavy atom. The van der Waals surface area contributed by atoms with Crippen LogP contribution in [0.4, 0.5) is 4.79 Å². The Morgan fingerprint density at radius 3 is 2.73 bits per heavy atom. The summed E-state index contributed by atoms with van der Waals surface area (Å²) in [7, 11) is 1.57. The molecular weight excluding hydrogens is 428 g/mol. The van der Waals surface area contributed by atoms with Crippen molar-refractivity contribution in [2.24, 2.45) is 0 Å². The third kappa shape index (κ3) is 4.53. The minimum atomic E-state index is -0.387. The average Bonchev–Trinajstić information content (AvgIpc) is 2.83. The Morgan fingerprint density at radius 2 is 1.94 bits per heavy atom. The molecule has 3 aliphatic heterocycles. The number of nitrogens with zero attached hydrogens (tertiary/aromatic N) is 3. The number of amides is 3. The van der Waals surface area contributed by atoms with Gasteiger partial charge in [0, 0.05) is 63.3 Å². The number of benzene rings is 1. The first-order chi connectivity index (χ1) is 16.0.